The molecule has 0 fully saturated rings. The quantitative estimate of drug-likeness (QED) is 0.923. The zero-order valence-electron chi connectivity index (χ0n) is 10.5. The Morgan fingerprint density at radius 1 is 1.39 bits per heavy atom. The highest BCUT2D eigenvalue weighted by atomic mass is 79.9. The van der Waals surface area contributed by atoms with Crippen LogP contribution in [0.4, 0.5) is 4.39 Å². The van der Waals surface area contributed by atoms with Crippen LogP contribution in [0, 0.1) is 19.7 Å². The van der Waals surface area contributed by atoms with E-state index < -0.39 is 0 Å². The van der Waals surface area contributed by atoms with Gasteiger partial charge in [-0.2, -0.15) is 5.10 Å². The summed E-state index contributed by atoms with van der Waals surface area (Å²) in [6.07, 6.45) is 0. The second kappa shape index (κ2) is 4.82. The number of aromatic nitrogens is 2. The molecule has 0 saturated heterocycles. The van der Waals surface area contributed by atoms with Crippen LogP contribution in [0.25, 0.3) is 5.69 Å². The van der Waals surface area contributed by atoms with Gasteiger partial charge in [0, 0.05) is 6.04 Å². The Labute approximate surface area is 114 Å². The molecular weight excluding hydrogens is 297 g/mol. The van der Waals surface area contributed by atoms with Crippen molar-refractivity contribution in [1.82, 2.24) is 9.78 Å². The smallest absolute Gasteiger partial charge is 0.123 e. The van der Waals surface area contributed by atoms with Gasteiger partial charge in [0.05, 0.1) is 21.5 Å². The molecule has 0 saturated carbocycles. The molecule has 1 heterocycles. The normalized spacial score (nSPS) is 12.8. The fraction of sp³-hybridized carbons (Fsp3) is 0.308. The maximum absolute atomic E-state index is 13.3. The van der Waals surface area contributed by atoms with Gasteiger partial charge in [-0.3, -0.25) is 0 Å². The van der Waals surface area contributed by atoms with Crippen LogP contribution >= 0.6 is 15.9 Å². The molecule has 96 valence electrons. The molecule has 0 aliphatic rings. The summed E-state index contributed by atoms with van der Waals surface area (Å²) in [5.41, 5.74) is 9.33. The van der Waals surface area contributed by atoms with Gasteiger partial charge in [0.1, 0.15) is 5.82 Å². The van der Waals surface area contributed by atoms with Gasteiger partial charge < -0.3 is 5.73 Å². The Morgan fingerprint density at radius 3 is 2.56 bits per heavy atom. The van der Waals surface area contributed by atoms with Crippen LogP contribution < -0.4 is 5.73 Å². The van der Waals surface area contributed by atoms with Gasteiger partial charge in [-0.1, -0.05) is 0 Å². The fourth-order valence-corrected chi connectivity index (χ4v) is 2.19. The second-order valence-electron chi connectivity index (χ2n) is 4.39. The lowest BCUT2D eigenvalue weighted by molar-refractivity contribution is 0.620. The Kier molecular flexibility index (Phi) is 3.54. The molecule has 1 atom stereocenters. The second-order valence-corrected chi connectivity index (χ2v) is 5.18. The summed E-state index contributed by atoms with van der Waals surface area (Å²) in [4.78, 5) is 0. The molecule has 2 aromatic rings. The van der Waals surface area contributed by atoms with Crippen molar-refractivity contribution in [1.29, 1.82) is 0 Å². The number of nitrogens with zero attached hydrogens (tertiary/aromatic N) is 2. The van der Waals surface area contributed by atoms with Crippen LogP contribution in [-0.4, -0.2) is 9.78 Å². The van der Waals surface area contributed by atoms with E-state index in [9.17, 15) is 4.39 Å². The lowest BCUT2D eigenvalue weighted by atomic mass is 10.1. The fourth-order valence-electron chi connectivity index (χ4n) is 1.94. The predicted octanol–water partition coefficient (Wildman–Crippen LogP) is 3.41. The molecule has 0 aliphatic heterocycles. The maximum Gasteiger partial charge on any atom is 0.123 e. The van der Waals surface area contributed by atoms with E-state index >= 15 is 0 Å². The van der Waals surface area contributed by atoms with Gasteiger partial charge in [0.2, 0.25) is 0 Å². The average molecular weight is 312 g/mol. The van der Waals surface area contributed by atoms with Crippen LogP contribution in [0.1, 0.15) is 29.9 Å². The van der Waals surface area contributed by atoms with Crippen LogP contribution in [0.3, 0.4) is 0 Å². The summed E-state index contributed by atoms with van der Waals surface area (Å²) < 4.78 is 16.1. The molecular formula is C13H15BrFN3. The number of rotatable bonds is 2. The van der Waals surface area contributed by atoms with E-state index in [-0.39, 0.29) is 11.9 Å². The minimum Gasteiger partial charge on any atom is -0.324 e. The molecule has 5 heteroatoms. The highest BCUT2D eigenvalue weighted by Gasteiger charge is 2.15. The summed E-state index contributed by atoms with van der Waals surface area (Å²) in [6.45, 7) is 5.71. The Balaban J connectivity index is 2.67. The molecule has 0 unspecified atom stereocenters. The largest absolute Gasteiger partial charge is 0.324 e. The third kappa shape index (κ3) is 2.20. The summed E-state index contributed by atoms with van der Waals surface area (Å²) >= 11 is 3.48. The van der Waals surface area contributed by atoms with Gasteiger partial charge in [-0.05, 0) is 60.5 Å². The van der Waals surface area contributed by atoms with E-state index in [1.807, 2.05) is 20.8 Å². The van der Waals surface area contributed by atoms with E-state index in [1.54, 1.807) is 10.7 Å². The first kappa shape index (κ1) is 13.2. The molecule has 3 nitrogen and oxygen atoms in total. The first-order chi connectivity index (χ1) is 8.41. The maximum atomic E-state index is 13.3. The van der Waals surface area contributed by atoms with E-state index in [0.29, 0.717) is 0 Å². The van der Waals surface area contributed by atoms with Crippen molar-refractivity contribution >= 4 is 15.9 Å². The van der Waals surface area contributed by atoms with Gasteiger partial charge >= 0.3 is 0 Å². The van der Waals surface area contributed by atoms with Crippen molar-refractivity contribution in [3.8, 4) is 5.69 Å². The standard InChI is InChI=1S/C13H15BrFN3/c1-7(16)11-6-10(15)4-5-12(11)18-9(3)13(14)8(2)17-18/h4-7H,16H2,1-3H3/t7-/m0/s1. The lowest BCUT2D eigenvalue weighted by Gasteiger charge is -2.14. The highest BCUT2D eigenvalue weighted by Crippen LogP contribution is 2.27. The minimum absolute atomic E-state index is 0.251. The molecule has 2 N–H and O–H groups in total. The summed E-state index contributed by atoms with van der Waals surface area (Å²) in [6, 6.07) is 4.34. The Hall–Kier alpha value is -1.20. The molecule has 1 aromatic heterocycles. The topological polar surface area (TPSA) is 43.8 Å². The lowest BCUT2D eigenvalue weighted by Crippen LogP contribution is -2.12. The zero-order chi connectivity index (χ0) is 13.4. The van der Waals surface area contributed by atoms with E-state index in [2.05, 4.69) is 21.0 Å². The molecule has 1 aromatic carbocycles. The average Bonchev–Trinajstić information content (AvgIpc) is 2.57. The monoisotopic (exact) mass is 311 g/mol. The third-order valence-electron chi connectivity index (χ3n) is 2.91. The molecule has 0 amide bonds. The molecule has 18 heavy (non-hydrogen) atoms. The summed E-state index contributed by atoms with van der Waals surface area (Å²) in [7, 11) is 0. The predicted molar refractivity (Wildman–Crippen MR) is 73.3 cm³/mol. The van der Waals surface area contributed by atoms with Gasteiger partial charge in [-0.25, -0.2) is 9.07 Å². The Morgan fingerprint density at radius 2 is 2.06 bits per heavy atom. The van der Waals surface area contributed by atoms with Crippen LogP contribution in [0.2, 0.25) is 0 Å². The van der Waals surface area contributed by atoms with Crippen molar-refractivity contribution in [3.05, 3.63) is 45.4 Å². The van der Waals surface area contributed by atoms with Crippen molar-refractivity contribution in [3.63, 3.8) is 0 Å². The summed E-state index contributed by atoms with van der Waals surface area (Å²) in [5.74, 6) is -0.286. The van der Waals surface area contributed by atoms with Gasteiger partial charge in [-0.15, -0.1) is 0 Å². The minimum atomic E-state index is -0.286. The number of aryl methyl sites for hydroxylation is 1. The summed E-state index contributed by atoms with van der Waals surface area (Å²) in [5, 5.41) is 4.44. The van der Waals surface area contributed by atoms with Crippen LogP contribution in [0.5, 0.6) is 0 Å². The van der Waals surface area contributed by atoms with Crippen molar-refractivity contribution in [2.75, 3.05) is 0 Å². The van der Waals surface area contributed by atoms with Gasteiger partial charge in [0.15, 0.2) is 0 Å². The van der Waals surface area contributed by atoms with Crippen molar-refractivity contribution in [2.24, 2.45) is 5.73 Å². The number of hydrogen-bond donors (Lipinski definition) is 1. The third-order valence-corrected chi connectivity index (χ3v) is 4.06. The van der Waals surface area contributed by atoms with Gasteiger partial charge in [0.25, 0.3) is 0 Å². The SMILES string of the molecule is Cc1nn(-c2ccc(F)cc2[C@H](C)N)c(C)c1Br. The molecule has 0 aliphatic carbocycles. The Bertz CT molecular complexity index is 590. The van der Waals surface area contributed by atoms with Crippen molar-refractivity contribution < 1.29 is 4.39 Å². The highest BCUT2D eigenvalue weighted by molar-refractivity contribution is 9.10. The number of halogens is 2. The molecule has 0 radical (unpaired) electrons. The zero-order valence-corrected chi connectivity index (χ0v) is 12.1. The van der Waals surface area contributed by atoms with Crippen molar-refractivity contribution in [2.45, 2.75) is 26.8 Å². The molecule has 0 bridgehead atoms. The first-order valence-electron chi connectivity index (χ1n) is 5.69. The molecule has 0 spiro atoms. The molecule has 2 rings (SSSR count). The number of nitrogens with two attached hydrogens (primary N) is 1. The van der Waals surface area contributed by atoms with E-state index in [0.717, 1.165) is 27.1 Å². The van der Waals surface area contributed by atoms with Crippen LogP contribution in [0.15, 0.2) is 22.7 Å². The first-order valence-corrected chi connectivity index (χ1v) is 6.48. The number of hydrogen-bond acceptors (Lipinski definition) is 2. The van der Waals surface area contributed by atoms with E-state index in [1.165, 1.54) is 12.1 Å². The number of benzene rings is 1. The van der Waals surface area contributed by atoms with Crippen LogP contribution in [-0.2, 0) is 0 Å². The van der Waals surface area contributed by atoms with E-state index in [4.69, 9.17) is 5.73 Å².